The van der Waals surface area contributed by atoms with Gasteiger partial charge in [-0.1, -0.05) is 49.5 Å². The van der Waals surface area contributed by atoms with Crippen LogP contribution in [0.15, 0.2) is 0 Å². The van der Waals surface area contributed by atoms with E-state index in [4.69, 9.17) is 0 Å². The molecular formula is C12H24BrNO. The highest BCUT2D eigenvalue weighted by atomic mass is 79.9. The zero-order valence-corrected chi connectivity index (χ0v) is 11.8. The van der Waals surface area contributed by atoms with Crippen molar-refractivity contribution in [1.82, 2.24) is 5.32 Å². The first kappa shape index (κ1) is 14.9. The van der Waals surface area contributed by atoms with Gasteiger partial charge in [-0.05, 0) is 19.3 Å². The third-order valence-electron chi connectivity index (χ3n) is 2.67. The largest absolute Gasteiger partial charge is 0.352 e. The van der Waals surface area contributed by atoms with Crippen molar-refractivity contribution in [2.24, 2.45) is 5.92 Å². The maximum Gasteiger partial charge on any atom is 0.223 e. The maximum atomic E-state index is 11.9. The second kappa shape index (κ2) is 9.20. The minimum Gasteiger partial charge on any atom is -0.352 e. The van der Waals surface area contributed by atoms with Crippen LogP contribution in [0, 0.1) is 5.92 Å². The molecule has 0 aromatic rings. The Morgan fingerprint density at radius 3 is 2.07 bits per heavy atom. The lowest BCUT2D eigenvalue weighted by atomic mass is 9.97. The molecule has 90 valence electrons. The van der Waals surface area contributed by atoms with Gasteiger partial charge in [-0.3, -0.25) is 4.79 Å². The van der Waals surface area contributed by atoms with Gasteiger partial charge in [0, 0.05) is 17.3 Å². The van der Waals surface area contributed by atoms with E-state index in [-0.39, 0.29) is 17.9 Å². The van der Waals surface area contributed by atoms with E-state index < -0.39 is 0 Å². The van der Waals surface area contributed by atoms with Crippen molar-refractivity contribution in [2.45, 2.75) is 58.9 Å². The Kier molecular flexibility index (Phi) is 9.17. The van der Waals surface area contributed by atoms with E-state index in [1.807, 2.05) is 0 Å². The SMILES string of the molecule is CCCC(CCC)C(=O)NC(CC)CBr. The minimum absolute atomic E-state index is 0.216. The summed E-state index contributed by atoms with van der Waals surface area (Å²) in [5.41, 5.74) is 0. The van der Waals surface area contributed by atoms with Crippen molar-refractivity contribution in [2.75, 3.05) is 5.33 Å². The molecular weight excluding hydrogens is 254 g/mol. The number of hydrogen-bond donors (Lipinski definition) is 1. The molecule has 0 aliphatic rings. The summed E-state index contributed by atoms with van der Waals surface area (Å²) < 4.78 is 0. The lowest BCUT2D eigenvalue weighted by Gasteiger charge is -2.19. The highest BCUT2D eigenvalue weighted by molar-refractivity contribution is 9.09. The van der Waals surface area contributed by atoms with E-state index in [9.17, 15) is 4.79 Å². The van der Waals surface area contributed by atoms with Crippen LogP contribution in [0.2, 0.25) is 0 Å². The number of carbonyl (C=O) groups excluding carboxylic acids is 1. The molecule has 0 aliphatic heterocycles. The standard InChI is InChI=1S/C12H24BrNO/c1-4-7-10(8-5-2)12(15)14-11(6-3)9-13/h10-11H,4-9H2,1-3H3,(H,14,15). The quantitative estimate of drug-likeness (QED) is 0.676. The van der Waals surface area contributed by atoms with Crippen LogP contribution in [-0.4, -0.2) is 17.3 Å². The van der Waals surface area contributed by atoms with Gasteiger partial charge in [0.25, 0.3) is 0 Å². The van der Waals surface area contributed by atoms with E-state index in [1.54, 1.807) is 0 Å². The molecule has 2 nitrogen and oxygen atoms in total. The van der Waals surface area contributed by atoms with E-state index in [2.05, 4.69) is 42.0 Å². The Labute approximate surface area is 102 Å². The van der Waals surface area contributed by atoms with Crippen molar-refractivity contribution in [3.8, 4) is 0 Å². The molecule has 0 fully saturated rings. The average molecular weight is 278 g/mol. The lowest BCUT2D eigenvalue weighted by molar-refractivity contribution is -0.126. The van der Waals surface area contributed by atoms with Crippen LogP contribution < -0.4 is 5.32 Å². The fourth-order valence-electron chi connectivity index (χ4n) is 1.67. The molecule has 3 heteroatoms. The van der Waals surface area contributed by atoms with Gasteiger partial charge in [0.2, 0.25) is 5.91 Å². The molecule has 0 spiro atoms. The van der Waals surface area contributed by atoms with Gasteiger partial charge in [-0.2, -0.15) is 0 Å². The fraction of sp³-hybridized carbons (Fsp3) is 0.917. The van der Waals surface area contributed by atoms with Crippen LogP contribution in [0.5, 0.6) is 0 Å². The van der Waals surface area contributed by atoms with Gasteiger partial charge < -0.3 is 5.32 Å². The fourth-order valence-corrected chi connectivity index (χ4v) is 2.29. The average Bonchev–Trinajstić information content (AvgIpc) is 2.25. The van der Waals surface area contributed by atoms with E-state index in [1.165, 1.54) is 0 Å². The highest BCUT2D eigenvalue weighted by Gasteiger charge is 2.18. The van der Waals surface area contributed by atoms with Gasteiger partial charge in [-0.15, -0.1) is 0 Å². The summed E-state index contributed by atoms with van der Waals surface area (Å²) in [6.07, 6.45) is 5.19. The van der Waals surface area contributed by atoms with E-state index in [0.717, 1.165) is 37.4 Å². The normalized spacial score (nSPS) is 12.9. The molecule has 1 unspecified atom stereocenters. The van der Waals surface area contributed by atoms with Gasteiger partial charge in [0.05, 0.1) is 0 Å². The second-order valence-electron chi connectivity index (χ2n) is 4.04. The van der Waals surface area contributed by atoms with Gasteiger partial charge >= 0.3 is 0 Å². The van der Waals surface area contributed by atoms with Crippen LogP contribution in [0.3, 0.4) is 0 Å². The van der Waals surface area contributed by atoms with Gasteiger partial charge in [0.1, 0.15) is 0 Å². The van der Waals surface area contributed by atoms with Crippen LogP contribution >= 0.6 is 15.9 Å². The molecule has 0 aromatic carbocycles. The Hall–Kier alpha value is -0.0500. The predicted molar refractivity (Wildman–Crippen MR) is 69.3 cm³/mol. The molecule has 0 saturated carbocycles. The zero-order valence-electron chi connectivity index (χ0n) is 10.2. The topological polar surface area (TPSA) is 29.1 Å². The minimum atomic E-state index is 0.216. The first-order valence-corrected chi connectivity index (χ1v) is 7.17. The summed E-state index contributed by atoms with van der Waals surface area (Å²) in [6.45, 7) is 6.37. The number of halogens is 1. The third-order valence-corrected chi connectivity index (χ3v) is 3.45. The van der Waals surface area contributed by atoms with Crippen LogP contribution in [0.1, 0.15) is 52.9 Å². The summed E-state index contributed by atoms with van der Waals surface area (Å²) in [5.74, 6) is 0.457. The smallest absolute Gasteiger partial charge is 0.223 e. The summed E-state index contributed by atoms with van der Waals surface area (Å²) in [6, 6.07) is 0.286. The van der Waals surface area contributed by atoms with E-state index in [0.29, 0.717) is 0 Å². The summed E-state index contributed by atoms with van der Waals surface area (Å²) in [4.78, 5) is 11.9. The molecule has 1 amide bonds. The Balaban J connectivity index is 4.10. The van der Waals surface area contributed by atoms with Crippen LogP contribution in [0.25, 0.3) is 0 Å². The van der Waals surface area contributed by atoms with Crippen molar-refractivity contribution in [1.29, 1.82) is 0 Å². The summed E-state index contributed by atoms with van der Waals surface area (Å²) in [7, 11) is 0. The number of nitrogens with one attached hydrogen (secondary N) is 1. The molecule has 0 rings (SSSR count). The monoisotopic (exact) mass is 277 g/mol. The Morgan fingerprint density at radius 2 is 1.73 bits per heavy atom. The molecule has 1 N–H and O–H groups in total. The van der Waals surface area contributed by atoms with Crippen molar-refractivity contribution in [3.63, 3.8) is 0 Å². The molecule has 0 bridgehead atoms. The molecule has 0 radical (unpaired) electrons. The second-order valence-corrected chi connectivity index (χ2v) is 4.69. The molecule has 15 heavy (non-hydrogen) atoms. The summed E-state index contributed by atoms with van der Waals surface area (Å²) >= 11 is 3.42. The molecule has 0 aliphatic carbocycles. The first-order valence-electron chi connectivity index (χ1n) is 6.05. The molecule has 0 heterocycles. The lowest BCUT2D eigenvalue weighted by Crippen LogP contribution is -2.39. The Bertz CT molecular complexity index is 163. The van der Waals surface area contributed by atoms with Crippen molar-refractivity contribution < 1.29 is 4.79 Å². The number of hydrogen-bond acceptors (Lipinski definition) is 1. The zero-order chi connectivity index (χ0) is 11.7. The predicted octanol–water partition coefficient (Wildman–Crippen LogP) is 3.49. The number of amides is 1. The van der Waals surface area contributed by atoms with E-state index >= 15 is 0 Å². The molecule has 0 saturated heterocycles. The van der Waals surface area contributed by atoms with Crippen molar-refractivity contribution >= 4 is 21.8 Å². The molecule has 0 aromatic heterocycles. The van der Waals surface area contributed by atoms with Gasteiger partial charge in [0.15, 0.2) is 0 Å². The highest BCUT2D eigenvalue weighted by Crippen LogP contribution is 2.14. The summed E-state index contributed by atoms with van der Waals surface area (Å²) in [5, 5.41) is 3.95. The van der Waals surface area contributed by atoms with Crippen LogP contribution in [-0.2, 0) is 4.79 Å². The van der Waals surface area contributed by atoms with Gasteiger partial charge in [-0.25, -0.2) is 0 Å². The Morgan fingerprint density at radius 1 is 1.20 bits per heavy atom. The molecule has 1 atom stereocenters. The third kappa shape index (κ3) is 6.18. The maximum absolute atomic E-state index is 11.9. The number of rotatable bonds is 8. The number of alkyl halides is 1. The van der Waals surface area contributed by atoms with Crippen LogP contribution in [0.4, 0.5) is 0 Å². The van der Waals surface area contributed by atoms with Crippen molar-refractivity contribution in [3.05, 3.63) is 0 Å². The first-order chi connectivity index (χ1) is 7.19. The number of carbonyl (C=O) groups is 1.